The van der Waals surface area contributed by atoms with Crippen LogP contribution in [0.15, 0.2) is 47.5 Å². The molecule has 0 saturated heterocycles. The number of pyridine rings is 1. The van der Waals surface area contributed by atoms with Gasteiger partial charge in [-0.15, -0.1) is 12.6 Å². The zero-order chi connectivity index (χ0) is 9.80. The minimum Gasteiger partial charge on any atom is -0.438 e. The molecule has 14 heavy (non-hydrogen) atoms. The van der Waals surface area contributed by atoms with Gasteiger partial charge in [0, 0.05) is 18.3 Å². The van der Waals surface area contributed by atoms with Crippen LogP contribution in [0.3, 0.4) is 0 Å². The second kappa shape index (κ2) is 4.15. The van der Waals surface area contributed by atoms with Gasteiger partial charge in [-0.3, -0.25) is 0 Å². The van der Waals surface area contributed by atoms with Crippen LogP contribution in [0.25, 0.3) is 0 Å². The third-order valence-corrected chi connectivity index (χ3v) is 2.00. The Morgan fingerprint density at radius 3 is 2.86 bits per heavy atom. The Morgan fingerprint density at radius 1 is 1.21 bits per heavy atom. The van der Waals surface area contributed by atoms with Gasteiger partial charge in [0.25, 0.3) is 0 Å². The fraction of sp³-hybridized carbons (Fsp3) is 0. The Morgan fingerprint density at radius 2 is 2.14 bits per heavy atom. The van der Waals surface area contributed by atoms with E-state index in [-0.39, 0.29) is 0 Å². The van der Waals surface area contributed by atoms with Crippen molar-refractivity contribution in [1.29, 1.82) is 0 Å². The Bertz CT molecular complexity index is 417. The molecule has 0 aliphatic carbocycles. The topological polar surface area (TPSA) is 22.1 Å². The van der Waals surface area contributed by atoms with E-state index in [4.69, 9.17) is 4.74 Å². The first-order valence-corrected chi connectivity index (χ1v) is 4.59. The second-order valence-electron chi connectivity index (χ2n) is 2.65. The lowest BCUT2D eigenvalue weighted by Gasteiger charge is -2.05. The molecule has 0 spiro atoms. The SMILES string of the molecule is Sc1[c]cccc1Oc1ccccn1. The van der Waals surface area contributed by atoms with Crippen molar-refractivity contribution in [2.45, 2.75) is 4.90 Å². The van der Waals surface area contributed by atoms with Crippen LogP contribution in [-0.2, 0) is 0 Å². The molecule has 69 valence electrons. The summed E-state index contributed by atoms with van der Waals surface area (Å²) in [6, 6.07) is 13.9. The molecule has 0 saturated carbocycles. The Hall–Kier alpha value is -1.48. The van der Waals surface area contributed by atoms with Crippen molar-refractivity contribution in [2.24, 2.45) is 0 Å². The molecule has 0 aliphatic rings. The van der Waals surface area contributed by atoms with E-state index in [2.05, 4.69) is 23.7 Å². The summed E-state index contributed by atoms with van der Waals surface area (Å²) < 4.78 is 5.49. The average Bonchev–Trinajstić information content (AvgIpc) is 2.23. The van der Waals surface area contributed by atoms with E-state index in [0.29, 0.717) is 16.5 Å². The lowest BCUT2D eigenvalue weighted by molar-refractivity contribution is 0.452. The van der Waals surface area contributed by atoms with E-state index in [1.165, 1.54) is 0 Å². The van der Waals surface area contributed by atoms with E-state index in [9.17, 15) is 0 Å². The fourth-order valence-corrected chi connectivity index (χ4v) is 1.21. The molecule has 1 aromatic heterocycles. The van der Waals surface area contributed by atoms with Gasteiger partial charge < -0.3 is 4.74 Å². The molecular weight excluding hydrogens is 194 g/mol. The van der Waals surface area contributed by atoms with Gasteiger partial charge >= 0.3 is 0 Å². The number of aromatic nitrogens is 1. The van der Waals surface area contributed by atoms with Crippen molar-refractivity contribution in [2.75, 3.05) is 0 Å². The highest BCUT2D eigenvalue weighted by molar-refractivity contribution is 7.80. The highest BCUT2D eigenvalue weighted by Gasteiger charge is 2.00. The van der Waals surface area contributed by atoms with Crippen LogP contribution in [-0.4, -0.2) is 4.98 Å². The molecule has 0 atom stereocenters. The van der Waals surface area contributed by atoms with Crippen LogP contribution in [0.4, 0.5) is 0 Å². The van der Waals surface area contributed by atoms with Gasteiger partial charge in [0.05, 0.1) is 4.90 Å². The van der Waals surface area contributed by atoms with Crippen molar-refractivity contribution < 1.29 is 4.74 Å². The van der Waals surface area contributed by atoms with Gasteiger partial charge in [-0.05, 0) is 12.1 Å². The van der Waals surface area contributed by atoms with Crippen LogP contribution in [0.1, 0.15) is 0 Å². The predicted octanol–water partition coefficient (Wildman–Crippen LogP) is 2.96. The summed E-state index contributed by atoms with van der Waals surface area (Å²) in [6.07, 6.45) is 1.68. The Balaban J connectivity index is 2.24. The van der Waals surface area contributed by atoms with E-state index in [0.717, 1.165) is 0 Å². The zero-order valence-electron chi connectivity index (χ0n) is 7.34. The van der Waals surface area contributed by atoms with Crippen LogP contribution in [0.5, 0.6) is 11.6 Å². The number of benzene rings is 1. The van der Waals surface area contributed by atoms with Gasteiger partial charge in [0.1, 0.15) is 5.75 Å². The highest BCUT2D eigenvalue weighted by atomic mass is 32.1. The monoisotopic (exact) mass is 202 g/mol. The molecule has 2 aromatic rings. The number of hydrogen-bond donors (Lipinski definition) is 1. The lowest BCUT2D eigenvalue weighted by atomic mass is 10.3. The van der Waals surface area contributed by atoms with Crippen molar-refractivity contribution in [3.05, 3.63) is 48.7 Å². The largest absolute Gasteiger partial charge is 0.438 e. The average molecular weight is 202 g/mol. The highest BCUT2D eigenvalue weighted by Crippen LogP contribution is 2.25. The van der Waals surface area contributed by atoms with Crippen molar-refractivity contribution in [3.8, 4) is 11.6 Å². The smallest absolute Gasteiger partial charge is 0.219 e. The van der Waals surface area contributed by atoms with Gasteiger partial charge in [-0.25, -0.2) is 4.98 Å². The maximum atomic E-state index is 5.49. The predicted molar refractivity (Wildman–Crippen MR) is 56.8 cm³/mol. The van der Waals surface area contributed by atoms with E-state index < -0.39 is 0 Å². The third-order valence-electron chi connectivity index (χ3n) is 1.65. The quantitative estimate of drug-likeness (QED) is 0.756. The summed E-state index contributed by atoms with van der Waals surface area (Å²) in [5.41, 5.74) is 0. The molecule has 1 heterocycles. The summed E-state index contributed by atoms with van der Waals surface area (Å²) in [4.78, 5) is 4.72. The summed E-state index contributed by atoms with van der Waals surface area (Å²) in [7, 11) is 0. The molecule has 3 heteroatoms. The van der Waals surface area contributed by atoms with Crippen LogP contribution >= 0.6 is 12.6 Å². The number of hydrogen-bond acceptors (Lipinski definition) is 3. The first kappa shape index (κ1) is 9.09. The molecule has 1 aromatic carbocycles. The first-order chi connectivity index (χ1) is 6.86. The van der Waals surface area contributed by atoms with Crippen LogP contribution < -0.4 is 4.74 Å². The van der Waals surface area contributed by atoms with Gasteiger partial charge in [0.15, 0.2) is 0 Å². The van der Waals surface area contributed by atoms with Gasteiger partial charge in [-0.1, -0.05) is 18.2 Å². The zero-order valence-corrected chi connectivity index (χ0v) is 8.24. The van der Waals surface area contributed by atoms with Gasteiger partial charge in [-0.2, -0.15) is 0 Å². The molecule has 0 fully saturated rings. The van der Waals surface area contributed by atoms with Gasteiger partial charge in [0.2, 0.25) is 5.88 Å². The number of thiol groups is 1. The molecule has 1 radical (unpaired) electrons. The minimum absolute atomic E-state index is 0.558. The van der Waals surface area contributed by atoms with Crippen molar-refractivity contribution >= 4 is 12.6 Å². The number of nitrogens with zero attached hydrogens (tertiary/aromatic N) is 1. The number of ether oxygens (including phenoxy) is 1. The van der Waals surface area contributed by atoms with Crippen LogP contribution in [0, 0.1) is 6.07 Å². The lowest BCUT2D eigenvalue weighted by Crippen LogP contribution is -1.87. The summed E-state index contributed by atoms with van der Waals surface area (Å²) in [6.45, 7) is 0. The summed E-state index contributed by atoms with van der Waals surface area (Å²) >= 11 is 4.22. The Kier molecular flexibility index (Phi) is 2.70. The van der Waals surface area contributed by atoms with Crippen LogP contribution in [0.2, 0.25) is 0 Å². The maximum absolute atomic E-state index is 5.49. The van der Waals surface area contributed by atoms with E-state index in [1.807, 2.05) is 24.3 Å². The molecule has 0 amide bonds. The maximum Gasteiger partial charge on any atom is 0.219 e. The number of rotatable bonds is 2. The summed E-state index contributed by atoms with van der Waals surface area (Å²) in [5.74, 6) is 1.22. The third kappa shape index (κ3) is 2.06. The minimum atomic E-state index is 0.558. The Labute approximate surface area is 88.0 Å². The normalized spacial score (nSPS) is 9.79. The van der Waals surface area contributed by atoms with Crippen molar-refractivity contribution in [1.82, 2.24) is 4.98 Å². The van der Waals surface area contributed by atoms with E-state index in [1.54, 1.807) is 18.3 Å². The molecule has 0 aliphatic heterocycles. The molecule has 2 nitrogen and oxygen atoms in total. The first-order valence-electron chi connectivity index (χ1n) is 4.15. The molecule has 2 rings (SSSR count). The second-order valence-corrected chi connectivity index (χ2v) is 3.10. The molecule has 0 unspecified atom stereocenters. The van der Waals surface area contributed by atoms with Crippen molar-refractivity contribution in [3.63, 3.8) is 0 Å². The fourth-order valence-electron chi connectivity index (χ4n) is 1.02. The molecule has 0 N–H and O–H groups in total. The molecule has 0 bridgehead atoms. The summed E-state index contributed by atoms with van der Waals surface area (Å²) in [5, 5.41) is 0. The van der Waals surface area contributed by atoms with E-state index >= 15 is 0 Å². The standard InChI is InChI=1S/C11H8NOS/c14-10-6-2-1-5-9(10)13-11-7-3-4-8-12-11/h1-5,7-8,14H. The molecular formula is C11H8NOS.